The molecule has 0 aliphatic carbocycles. The maximum absolute atomic E-state index is 12.5. The Morgan fingerprint density at radius 1 is 1.41 bits per heavy atom. The van der Waals surface area contributed by atoms with Crippen molar-refractivity contribution in [1.29, 1.82) is 0 Å². The van der Waals surface area contributed by atoms with Crippen LogP contribution in [-0.2, 0) is 0 Å². The van der Waals surface area contributed by atoms with Crippen LogP contribution < -0.4 is 0 Å². The molecule has 5 nitrogen and oxygen atoms in total. The molecule has 8 heteroatoms. The fraction of sp³-hybridized carbons (Fsp3) is 0.214. The van der Waals surface area contributed by atoms with Gasteiger partial charge in [-0.2, -0.15) is 18.3 Å². The highest BCUT2D eigenvalue weighted by molar-refractivity contribution is 5.94. The minimum Gasteiger partial charge on any atom is -0.326 e. The quantitative estimate of drug-likeness (QED) is 0.797. The third kappa shape index (κ3) is 3.94. The van der Waals surface area contributed by atoms with Gasteiger partial charge in [-0.15, -0.1) is 6.58 Å². The molecule has 0 saturated carbocycles. The molecule has 22 heavy (non-hydrogen) atoms. The van der Waals surface area contributed by atoms with E-state index in [0.717, 1.165) is 0 Å². The van der Waals surface area contributed by atoms with E-state index < -0.39 is 18.6 Å². The van der Waals surface area contributed by atoms with Crippen LogP contribution in [0.3, 0.4) is 0 Å². The number of nitrogens with zero attached hydrogens (tertiary/aromatic N) is 4. The minimum atomic E-state index is -4.47. The second-order valence-electron chi connectivity index (χ2n) is 4.45. The number of aromatic nitrogens is 3. The molecule has 0 aromatic carbocycles. The van der Waals surface area contributed by atoms with Crippen molar-refractivity contribution in [3.05, 3.63) is 55.0 Å². The Bertz CT molecular complexity index is 635. The summed E-state index contributed by atoms with van der Waals surface area (Å²) < 4.78 is 39.0. The molecule has 0 aliphatic rings. The first-order valence-electron chi connectivity index (χ1n) is 6.34. The zero-order valence-electron chi connectivity index (χ0n) is 11.5. The van der Waals surface area contributed by atoms with Gasteiger partial charge in [-0.3, -0.25) is 4.79 Å². The summed E-state index contributed by atoms with van der Waals surface area (Å²) in [7, 11) is 0. The molecular formula is C14H13F3N4O. The van der Waals surface area contributed by atoms with Crippen LogP contribution in [0, 0.1) is 0 Å². The molecular weight excluding hydrogens is 297 g/mol. The van der Waals surface area contributed by atoms with E-state index in [1.54, 1.807) is 18.5 Å². The molecule has 2 heterocycles. The highest BCUT2D eigenvalue weighted by Gasteiger charge is 2.32. The average Bonchev–Trinajstić information content (AvgIpc) is 2.99. The van der Waals surface area contributed by atoms with Crippen LogP contribution in [-0.4, -0.2) is 44.8 Å². The van der Waals surface area contributed by atoms with Crippen LogP contribution in [0.5, 0.6) is 0 Å². The number of pyridine rings is 1. The maximum atomic E-state index is 12.5. The van der Waals surface area contributed by atoms with Crippen LogP contribution in [0.15, 0.2) is 49.4 Å². The fourth-order valence-electron chi connectivity index (χ4n) is 1.83. The van der Waals surface area contributed by atoms with Gasteiger partial charge in [0.2, 0.25) is 0 Å². The lowest BCUT2D eigenvalue weighted by atomic mass is 10.2. The van der Waals surface area contributed by atoms with Gasteiger partial charge in [-0.1, -0.05) is 6.08 Å². The summed E-state index contributed by atoms with van der Waals surface area (Å²) in [5.74, 6) is -0.288. The van der Waals surface area contributed by atoms with Crippen LogP contribution >= 0.6 is 0 Å². The minimum absolute atomic E-state index is 0.0713. The Balaban J connectivity index is 2.18. The van der Waals surface area contributed by atoms with E-state index in [2.05, 4.69) is 16.7 Å². The topological polar surface area (TPSA) is 51.0 Å². The number of amides is 1. The lowest BCUT2D eigenvalue weighted by molar-refractivity contribution is -0.139. The summed E-state index contributed by atoms with van der Waals surface area (Å²) in [6.45, 7) is 1.84. The number of hydrogen-bond donors (Lipinski definition) is 0. The van der Waals surface area contributed by atoms with Gasteiger partial charge >= 0.3 is 6.18 Å². The molecule has 0 aliphatic heterocycles. The summed E-state index contributed by atoms with van der Waals surface area (Å²) in [6, 6.07) is 4.63. The first-order chi connectivity index (χ1) is 10.4. The van der Waals surface area contributed by atoms with Crippen LogP contribution in [0.4, 0.5) is 13.2 Å². The molecule has 2 rings (SSSR count). The van der Waals surface area contributed by atoms with Gasteiger partial charge in [0.1, 0.15) is 6.54 Å². The smallest absolute Gasteiger partial charge is 0.326 e. The molecule has 2 aromatic rings. The van der Waals surface area contributed by atoms with Gasteiger partial charge in [-0.25, -0.2) is 9.67 Å². The summed E-state index contributed by atoms with van der Waals surface area (Å²) in [4.78, 5) is 16.8. The second-order valence-corrected chi connectivity index (χ2v) is 4.45. The van der Waals surface area contributed by atoms with Crippen molar-refractivity contribution in [3.63, 3.8) is 0 Å². The highest BCUT2D eigenvalue weighted by Crippen LogP contribution is 2.18. The lowest BCUT2D eigenvalue weighted by Crippen LogP contribution is -2.39. The molecule has 0 fully saturated rings. The van der Waals surface area contributed by atoms with E-state index in [0.29, 0.717) is 10.7 Å². The lowest BCUT2D eigenvalue weighted by Gasteiger charge is -2.22. The first kappa shape index (κ1) is 15.7. The Morgan fingerprint density at radius 2 is 2.18 bits per heavy atom. The van der Waals surface area contributed by atoms with Crippen molar-refractivity contribution in [3.8, 4) is 5.82 Å². The van der Waals surface area contributed by atoms with E-state index in [-0.39, 0.29) is 12.1 Å². The molecule has 116 valence electrons. The van der Waals surface area contributed by atoms with Gasteiger partial charge in [0.05, 0.1) is 5.56 Å². The van der Waals surface area contributed by atoms with Gasteiger partial charge < -0.3 is 4.90 Å². The van der Waals surface area contributed by atoms with E-state index >= 15 is 0 Å². The Hall–Kier alpha value is -2.64. The SMILES string of the molecule is C=CCN(CC(F)(F)F)C(=O)c1ccc(-n2cccn2)nc1. The van der Waals surface area contributed by atoms with Crippen molar-refractivity contribution < 1.29 is 18.0 Å². The van der Waals surface area contributed by atoms with E-state index in [4.69, 9.17) is 0 Å². The normalized spacial score (nSPS) is 11.2. The molecule has 0 atom stereocenters. The van der Waals surface area contributed by atoms with Crippen LogP contribution in [0.25, 0.3) is 5.82 Å². The summed E-state index contributed by atoms with van der Waals surface area (Å²) in [5, 5.41) is 3.97. The predicted molar refractivity (Wildman–Crippen MR) is 73.5 cm³/mol. The van der Waals surface area contributed by atoms with Crippen molar-refractivity contribution in [2.45, 2.75) is 6.18 Å². The summed E-state index contributed by atoms with van der Waals surface area (Å²) in [6.07, 6.45) is 1.23. The molecule has 0 radical (unpaired) electrons. The molecule has 2 aromatic heterocycles. The largest absolute Gasteiger partial charge is 0.406 e. The summed E-state index contributed by atoms with van der Waals surface area (Å²) >= 11 is 0. The van der Waals surface area contributed by atoms with Gasteiger partial charge in [-0.05, 0) is 18.2 Å². The van der Waals surface area contributed by atoms with Crippen molar-refractivity contribution in [2.75, 3.05) is 13.1 Å². The zero-order valence-corrected chi connectivity index (χ0v) is 11.5. The fourth-order valence-corrected chi connectivity index (χ4v) is 1.83. The Kier molecular flexibility index (Phi) is 4.59. The second kappa shape index (κ2) is 6.42. The number of halogens is 3. The summed E-state index contributed by atoms with van der Waals surface area (Å²) in [5.41, 5.74) is 0.0713. The number of rotatable bonds is 5. The zero-order chi connectivity index (χ0) is 16.2. The number of carbonyl (C=O) groups is 1. The monoisotopic (exact) mass is 310 g/mol. The Labute approximate surface area is 124 Å². The number of alkyl halides is 3. The average molecular weight is 310 g/mol. The molecule has 0 spiro atoms. The maximum Gasteiger partial charge on any atom is 0.406 e. The number of carbonyl (C=O) groups excluding carboxylic acids is 1. The van der Waals surface area contributed by atoms with Crippen molar-refractivity contribution in [2.24, 2.45) is 0 Å². The van der Waals surface area contributed by atoms with Crippen LogP contribution in [0.2, 0.25) is 0 Å². The highest BCUT2D eigenvalue weighted by atomic mass is 19.4. The first-order valence-corrected chi connectivity index (χ1v) is 6.34. The predicted octanol–water partition coefficient (Wildman–Crippen LogP) is 2.46. The Morgan fingerprint density at radius 3 is 2.68 bits per heavy atom. The molecule has 0 bridgehead atoms. The van der Waals surface area contributed by atoms with Gasteiger partial charge in [0.15, 0.2) is 5.82 Å². The molecule has 0 N–H and O–H groups in total. The third-order valence-electron chi connectivity index (χ3n) is 2.74. The van der Waals surface area contributed by atoms with E-state index in [9.17, 15) is 18.0 Å². The van der Waals surface area contributed by atoms with Gasteiger partial charge in [0.25, 0.3) is 5.91 Å². The van der Waals surface area contributed by atoms with Crippen molar-refractivity contribution in [1.82, 2.24) is 19.7 Å². The third-order valence-corrected chi connectivity index (χ3v) is 2.74. The molecule has 0 unspecified atom stereocenters. The standard InChI is InChI=1S/C14H13F3N4O/c1-2-7-20(10-14(15,16)17)13(22)11-4-5-12(18-9-11)21-8-3-6-19-21/h2-6,8-9H,1,7,10H2. The van der Waals surface area contributed by atoms with Crippen LogP contribution in [0.1, 0.15) is 10.4 Å². The van der Waals surface area contributed by atoms with Crippen molar-refractivity contribution >= 4 is 5.91 Å². The molecule has 0 saturated heterocycles. The van der Waals surface area contributed by atoms with Gasteiger partial charge in [0, 0.05) is 25.1 Å². The number of hydrogen-bond acceptors (Lipinski definition) is 3. The van der Waals surface area contributed by atoms with E-state index in [1.165, 1.54) is 29.1 Å². The molecule has 1 amide bonds. The van der Waals surface area contributed by atoms with E-state index in [1.807, 2.05) is 0 Å².